The fourth-order valence-electron chi connectivity index (χ4n) is 3.72. The zero-order valence-electron chi connectivity index (χ0n) is 18.9. The van der Waals surface area contributed by atoms with E-state index in [9.17, 15) is 18.0 Å². The molecule has 4 aromatic rings. The Morgan fingerprint density at radius 3 is 2.41 bits per heavy atom. The first kappa shape index (κ1) is 23.4. The van der Waals surface area contributed by atoms with E-state index >= 15 is 0 Å². The van der Waals surface area contributed by atoms with Crippen LogP contribution in [0.15, 0.2) is 66.9 Å². The normalized spacial score (nSPS) is 11.7. The predicted molar refractivity (Wildman–Crippen MR) is 123 cm³/mol. The quantitative estimate of drug-likeness (QED) is 0.297. The first-order valence-corrected chi connectivity index (χ1v) is 10.8. The number of fused-ring (bicyclic) bond motifs is 1. The summed E-state index contributed by atoms with van der Waals surface area (Å²) in [6.45, 7) is 5.80. The van der Waals surface area contributed by atoms with Crippen LogP contribution >= 0.6 is 0 Å². The average Bonchev–Trinajstić information content (AvgIpc) is 3.18. The third-order valence-electron chi connectivity index (χ3n) is 5.14. The van der Waals surface area contributed by atoms with Gasteiger partial charge in [-0.15, -0.1) is 0 Å². The van der Waals surface area contributed by atoms with Crippen LogP contribution < -0.4 is 4.74 Å². The summed E-state index contributed by atoms with van der Waals surface area (Å²) in [5.74, 6) is 0.200. The van der Waals surface area contributed by atoms with Crippen molar-refractivity contribution in [2.75, 3.05) is 6.61 Å². The van der Waals surface area contributed by atoms with Crippen molar-refractivity contribution in [3.8, 4) is 22.7 Å². The molecule has 4 rings (SSSR count). The van der Waals surface area contributed by atoms with Gasteiger partial charge in [0.05, 0.1) is 29.5 Å². The molecule has 5 nitrogen and oxygen atoms in total. The maximum atomic E-state index is 13.1. The number of pyridine rings is 1. The number of nitrogens with zero attached hydrogens (tertiary/aromatic N) is 2. The molecule has 0 amide bonds. The average molecular weight is 468 g/mol. The van der Waals surface area contributed by atoms with Gasteiger partial charge >= 0.3 is 12.1 Å². The predicted octanol–water partition coefficient (Wildman–Crippen LogP) is 6.68. The van der Waals surface area contributed by atoms with Gasteiger partial charge in [-0.2, -0.15) is 13.2 Å². The van der Waals surface area contributed by atoms with Crippen molar-refractivity contribution < 1.29 is 27.4 Å². The van der Waals surface area contributed by atoms with E-state index in [0.29, 0.717) is 27.9 Å². The highest BCUT2D eigenvalue weighted by atomic mass is 19.4. The molecule has 34 heavy (non-hydrogen) atoms. The van der Waals surface area contributed by atoms with E-state index in [1.807, 2.05) is 38.1 Å². The molecule has 0 aliphatic carbocycles. The molecule has 0 N–H and O–H groups in total. The Kier molecular flexibility index (Phi) is 6.32. The van der Waals surface area contributed by atoms with Crippen molar-refractivity contribution >= 4 is 16.9 Å². The molecule has 0 saturated heterocycles. The Labute approximate surface area is 194 Å². The van der Waals surface area contributed by atoms with Gasteiger partial charge in [0, 0.05) is 22.8 Å². The van der Waals surface area contributed by atoms with E-state index < -0.39 is 17.7 Å². The van der Waals surface area contributed by atoms with Gasteiger partial charge in [-0.1, -0.05) is 6.07 Å². The number of aromatic nitrogens is 2. The number of alkyl halides is 3. The summed E-state index contributed by atoms with van der Waals surface area (Å²) < 4.78 is 52.1. The van der Waals surface area contributed by atoms with Crippen LogP contribution in [0.5, 0.6) is 5.75 Å². The van der Waals surface area contributed by atoms with Crippen LogP contribution in [0.1, 0.15) is 36.8 Å². The van der Waals surface area contributed by atoms with Crippen molar-refractivity contribution in [3.63, 3.8) is 0 Å². The van der Waals surface area contributed by atoms with Crippen molar-refractivity contribution in [2.24, 2.45) is 0 Å². The Bertz CT molecular complexity index is 1330. The highest BCUT2D eigenvalue weighted by molar-refractivity contribution is 5.98. The summed E-state index contributed by atoms with van der Waals surface area (Å²) in [5, 5.41) is 0.669. The molecule has 0 radical (unpaired) electrons. The Morgan fingerprint density at radius 1 is 1.03 bits per heavy atom. The van der Waals surface area contributed by atoms with E-state index in [4.69, 9.17) is 9.47 Å². The SMILES string of the molecule is CCOC(=O)c1cc2cc(-c3cc(C(F)(F)F)ccn3)ccc2n1-c1ccc(OC(C)C)cc1. The first-order chi connectivity index (χ1) is 16.2. The molecule has 176 valence electrons. The maximum Gasteiger partial charge on any atom is 0.416 e. The molecule has 0 aliphatic rings. The van der Waals surface area contributed by atoms with Gasteiger partial charge in [0.1, 0.15) is 11.4 Å². The Balaban J connectivity index is 1.82. The Morgan fingerprint density at radius 2 is 1.76 bits per heavy atom. The van der Waals surface area contributed by atoms with Gasteiger partial charge in [-0.3, -0.25) is 4.98 Å². The fraction of sp³-hybridized carbons (Fsp3) is 0.231. The molecule has 0 unspecified atom stereocenters. The van der Waals surface area contributed by atoms with Crippen molar-refractivity contribution in [1.29, 1.82) is 0 Å². The van der Waals surface area contributed by atoms with E-state index in [0.717, 1.165) is 24.0 Å². The topological polar surface area (TPSA) is 53.3 Å². The molecule has 0 aliphatic heterocycles. The lowest BCUT2D eigenvalue weighted by Gasteiger charge is -2.13. The molecule has 0 fully saturated rings. The van der Waals surface area contributed by atoms with Gasteiger partial charge in [0.15, 0.2) is 0 Å². The summed E-state index contributed by atoms with van der Waals surface area (Å²) in [5.41, 5.74) is 1.66. The molecule has 0 bridgehead atoms. The number of halogens is 3. The molecule has 2 aromatic heterocycles. The first-order valence-electron chi connectivity index (χ1n) is 10.8. The van der Waals surface area contributed by atoms with Crippen LogP contribution in [-0.4, -0.2) is 28.2 Å². The number of carbonyl (C=O) groups is 1. The zero-order valence-corrected chi connectivity index (χ0v) is 18.9. The number of ether oxygens (including phenoxy) is 2. The molecule has 0 atom stereocenters. The van der Waals surface area contributed by atoms with Gasteiger partial charge < -0.3 is 14.0 Å². The monoisotopic (exact) mass is 468 g/mol. The van der Waals surface area contributed by atoms with Crippen LogP contribution in [0.25, 0.3) is 27.8 Å². The number of carbonyl (C=O) groups excluding carboxylic acids is 1. The van der Waals surface area contributed by atoms with Gasteiger partial charge in [0.2, 0.25) is 0 Å². The van der Waals surface area contributed by atoms with E-state index in [-0.39, 0.29) is 18.4 Å². The lowest BCUT2D eigenvalue weighted by atomic mass is 10.1. The summed E-state index contributed by atoms with van der Waals surface area (Å²) in [6, 6.07) is 16.1. The molecular formula is C26H23F3N2O3. The molecule has 0 saturated carbocycles. The minimum atomic E-state index is -4.46. The summed E-state index contributed by atoms with van der Waals surface area (Å²) in [7, 11) is 0. The standard InChI is InChI=1S/C26H23F3N2O3/c1-4-33-25(32)24-14-18-13-17(22-15-19(11-12-30-22)26(27,28)29)5-10-23(18)31(24)20-6-8-21(9-7-20)34-16(2)3/h5-16H,4H2,1-3H3. The number of hydrogen-bond donors (Lipinski definition) is 0. The van der Waals surface area contributed by atoms with E-state index in [1.165, 1.54) is 0 Å². The van der Waals surface area contributed by atoms with Gasteiger partial charge in [0.25, 0.3) is 0 Å². The molecule has 2 aromatic carbocycles. The summed E-state index contributed by atoms with van der Waals surface area (Å²) in [6.07, 6.45) is -3.30. The van der Waals surface area contributed by atoms with Crippen molar-refractivity contribution in [1.82, 2.24) is 9.55 Å². The smallest absolute Gasteiger partial charge is 0.416 e. The summed E-state index contributed by atoms with van der Waals surface area (Å²) in [4.78, 5) is 16.8. The minimum absolute atomic E-state index is 0.0243. The zero-order chi connectivity index (χ0) is 24.5. The molecule has 0 spiro atoms. The lowest BCUT2D eigenvalue weighted by molar-refractivity contribution is -0.137. The Hall–Kier alpha value is -3.81. The fourth-order valence-corrected chi connectivity index (χ4v) is 3.72. The van der Waals surface area contributed by atoms with Gasteiger partial charge in [-0.05, 0) is 75.4 Å². The highest BCUT2D eigenvalue weighted by Crippen LogP contribution is 2.33. The largest absolute Gasteiger partial charge is 0.491 e. The molecule has 8 heteroatoms. The summed E-state index contributed by atoms with van der Waals surface area (Å²) >= 11 is 0. The van der Waals surface area contributed by atoms with Crippen LogP contribution in [-0.2, 0) is 10.9 Å². The van der Waals surface area contributed by atoms with Crippen molar-refractivity contribution in [2.45, 2.75) is 33.1 Å². The number of hydrogen-bond acceptors (Lipinski definition) is 4. The second kappa shape index (κ2) is 9.21. The second-order valence-electron chi connectivity index (χ2n) is 7.95. The van der Waals surface area contributed by atoms with Crippen LogP contribution in [0.4, 0.5) is 13.2 Å². The third-order valence-corrected chi connectivity index (χ3v) is 5.14. The second-order valence-corrected chi connectivity index (χ2v) is 7.95. The molecule has 2 heterocycles. The number of benzene rings is 2. The van der Waals surface area contributed by atoms with E-state index in [2.05, 4.69) is 4.98 Å². The van der Waals surface area contributed by atoms with Crippen LogP contribution in [0.2, 0.25) is 0 Å². The van der Waals surface area contributed by atoms with E-state index in [1.54, 1.807) is 35.8 Å². The maximum absolute atomic E-state index is 13.1. The van der Waals surface area contributed by atoms with Crippen LogP contribution in [0.3, 0.4) is 0 Å². The minimum Gasteiger partial charge on any atom is -0.491 e. The van der Waals surface area contributed by atoms with Gasteiger partial charge in [-0.25, -0.2) is 4.79 Å². The highest BCUT2D eigenvalue weighted by Gasteiger charge is 2.30. The lowest BCUT2D eigenvalue weighted by Crippen LogP contribution is -2.11. The number of esters is 1. The van der Waals surface area contributed by atoms with Crippen molar-refractivity contribution in [3.05, 3.63) is 78.1 Å². The third kappa shape index (κ3) is 4.76. The molecular weight excluding hydrogens is 445 g/mol. The number of rotatable bonds is 6. The van der Waals surface area contributed by atoms with Crippen LogP contribution in [0, 0.1) is 0 Å².